The van der Waals surface area contributed by atoms with Crippen LogP contribution in [0.3, 0.4) is 0 Å². The molecule has 7 nitrogen and oxygen atoms in total. The molecule has 1 aromatic rings. The number of nitrogens with zero attached hydrogens (tertiary/aromatic N) is 1. The maximum atomic E-state index is 12.4. The minimum atomic E-state index is -1.25. The van der Waals surface area contributed by atoms with Crippen molar-refractivity contribution in [1.29, 1.82) is 0 Å². The number of β-lactam (4-membered cyclic amide) rings is 1. The van der Waals surface area contributed by atoms with Gasteiger partial charge < -0.3 is 15.5 Å². The first kappa shape index (κ1) is 17.5. The first-order chi connectivity index (χ1) is 12.0. The quantitative estimate of drug-likeness (QED) is 0.662. The van der Waals surface area contributed by atoms with E-state index in [-0.39, 0.29) is 11.6 Å². The maximum absolute atomic E-state index is 12.4. The molecule has 132 valence electrons. The van der Waals surface area contributed by atoms with Gasteiger partial charge in [-0.1, -0.05) is 19.1 Å². The van der Waals surface area contributed by atoms with Crippen molar-refractivity contribution in [3.05, 3.63) is 46.7 Å². The Kier molecular flexibility index (Phi) is 4.82. The lowest BCUT2D eigenvalue weighted by molar-refractivity contribution is -0.148. The van der Waals surface area contributed by atoms with Crippen LogP contribution in [0.15, 0.2) is 35.5 Å². The van der Waals surface area contributed by atoms with Crippen LogP contribution in [0, 0.1) is 0 Å². The van der Waals surface area contributed by atoms with E-state index >= 15 is 0 Å². The molecule has 0 aliphatic carbocycles. The standard InChI is InChI=1S/C17H18N2O5S/c1-2-9-3-5-10(6-4-9)14(21)18-12-15(22)19-13(17(23)24)11(7-20)8-25-16(12)19/h3-6,12,16,20H,2,7-8H2,1H3,(H,18,21)(H,23,24)/t12?,16-/m1/s1. The first-order valence-electron chi connectivity index (χ1n) is 7.88. The van der Waals surface area contributed by atoms with Crippen LogP contribution in [0.4, 0.5) is 0 Å². The van der Waals surface area contributed by atoms with E-state index in [2.05, 4.69) is 5.32 Å². The highest BCUT2D eigenvalue weighted by Gasteiger charge is 2.54. The Bertz CT molecular complexity index is 759. The van der Waals surface area contributed by atoms with Crippen LogP contribution in [0.25, 0.3) is 0 Å². The van der Waals surface area contributed by atoms with Gasteiger partial charge in [-0.2, -0.15) is 0 Å². The topological polar surface area (TPSA) is 107 Å². The van der Waals surface area contributed by atoms with Gasteiger partial charge in [0.25, 0.3) is 11.8 Å². The summed E-state index contributed by atoms with van der Waals surface area (Å²) in [5.41, 5.74) is 1.70. The van der Waals surface area contributed by atoms with Crippen molar-refractivity contribution < 1.29 is 24.6 Å². The summed E-state index contributed by atoms with van der Waals surface area (Å²) in [6.45, 7) is 1.61. The lowest BCUT2D eigenvalue weighted by atomic mass is 10.0. The third-order valence-electron chi connectivity index (χ3n) is 4.35. The Morgan fingerprint density at radius 1 is 1.32 bits per heavy atom. The number of carbonyl (C=O) groups excluding carboxylic acids is 2. The Balaban J connectivity index is 1.74. The van der Waals surface area contributed by atoms with Gasteiger partial charge in [-0.05, 0) is 29.7 Å². The van der Waals surface area contributed by atoms with E-state index in [0.717, 1.165) is 16.9 Å². The molecule has 25 heavy (non-hydrogen) atoms. The Labute approximate surface area is 148 Å². The molecular formula is C17H18N2O5S. The third-order valence-corrected chi connectivity index (χ3v) is 5.69. The highest BCUT2D eigenvalue weighted by molar-refractivity contribution is 8.00. The van der Waals surface area contributed by atoms with Gasteiger partial charge in [-0.15, -0.1) is 11.8 Å². The fourth-order valence-electron chi connectivity index (χ4n) is 2.92. The molecule has 2 aliphatic rings. The molecule has 1 fully saturated rings. The molecule has 2 atom stereocenters. The van der Waals surface area contributed by atoms with Crippen LogP contribution in [-0.4, -0.2) is 56.7 Å². The van der Waals surface area contributed by atoms with Crippen molar-refractivity contribution >= 4 is 29.5 Å². The summed E-state index contributed by atoms with van der Waals surface area (Å²) in [6, 6.07) is 6.36. The lowest BCUT2D eigenvalue weighted by Gasteiger charge is -2.49. The summed E-state index contributed by atoms with van der Waals surface area (Å²) >= 11 is 1.33. The molecule has 3 N–H and O–H groups in total. The summed E-state index contributed by atoms with van der Waals surface area (Å²) in [6.07, 6.45) is 0.869. The molecule has 0 radical (unpaired) electrons. The molecule has 1 saturated heterocycles. The van der Waals surface area contributed by atoms with Gasteiger partial charge in [-0.3, -0.25) is 14.5 Å². The molecule has 2 aliphatic heterocycles. The molecule has 2 amide bonds. The summed E-state index contributed by atoms with van der Waals surface area (Å²) in [7, 11) is 0. The van der Waals surface area contributed by atoms with Gasteiger partial charge in [0.05, 0.1) is 6.61 Å². The Hall–Kier alpha value is -2.32. The number of carboxylic acids is 1. The van der Waals surface area contributed by atoms with Crippen LogP contribution in [-0.2, 0) is 16.0 Å². The van der Waals surface area contributed by atoms with Crippen molar-refractivity contribution in [2.24, 2.45) is 0 Å². The molecule has 0 aromatic heterocycles. The van der Waals surface area contributed by atoms with Gasteiger partial charge in [0.15, 0.2) is 0 Å². The molecule has 2 heterocycles. The van der Waals surface area contributed by atoms with Gasteiger partial charge in [-0.25, -0.2) is 4.79 Å². The average Bonchev–Trinajstić information content (AvgIpc) is 2.64. The largest absolute Gasteiger partial charge is 0.477 e. The van der Waals surface area contributed by atoms with E-state index in [1.165, 1.54) is 11.8 Å². The zero-order chi connectivity index (χ0) is 18.1. The number of amides is 2. The third kappa shape index (κ3) is 3.03. The summed E-state index contributed by atoms with van der Waals surface area (Å²) in [5.74, 6) is -1.78. The number of thioether (sulfide) groups is 1. The summed E-state index contributed by atoms with van der Waals surface area (Å²) in [4.78, 5) is 37.3. The van der Waals surface area contributed by atoms with Crippen molar-refractivity contribution in [1.82, 2.24) is 10.2 Å². The van der Waals surface area contributed by atoms with Crippen LogP contribution >= 0.6 is 11.8 Å². The predicted octanol–water partition coefficient (Wildman–Crippen LogP) is 0.593. The number of benzene rings is 1. The predicted molar refractivity (Wildman–Crippen MR) is 91.9 cm³/mol. The van der Waals surface area contributed by atoms with Crippen LogP contribution in [0.2, 0.25) is 0 Å². The van der Waals surface area contributed by atoms with E-state index in [4.69, 9.17) is 0 Å². The minimum absolute atomic E-state index is 0.172. The van der Waals surface area contributed by atoms with Gasteiger partial charge in [0, 0.05) is 11.3 Å². The summed E-state index contributed by atoms with van der Waals surface area (Å²) in [5, 5.41) is 20.8. The number of carbonyl (C=O) groups is 3. The average molecular weight is 362 g/mol. The number of nitrogens with one attached hydrogen (secondary N) is 1. The van der Waals surface area contributed by atoms with Crippen LogP contribution < -0.4 is 5.32 Å². The second-order valence-electron chi connectivity index (χ2n) is 5.83. The van der Waals surface area contributed by atoms with Gasteiger partial charge in [0.2, 0.25) is 0 Å². The van der Waals surface area contributed by atoms with Crippen molar-refractivity contribution in [3.8, 4) is 0 Å². The van der Waals surface area contributed by atoms with E-state index in [1.807, 2.05) is 19.1 Å². The van der Waals surface area contributed by atoms with Crippen molar-refractivity contribution in [3.63, 3.8) is 0 Å². The zero-order valence-electron chi connectivity index (χ0n) is 13.6. The number of hydrogen-bond acceptors (Lipinski definition) is 5. The highest BCUT2D eigenvalue weighted by Crippen LogP contribution is 2.40. The molecule has 0 saturated carbocycles. The van der Waals surface area contributed by atoms with E-state index < -0.39 is 29.9 Å². The number of carboxylic acid groups (broad SMARTS) is 1. The number of aryl methyl sites for hydroxylation is 1. The second-order valence-corrected chi connectivity index (χ2v) is 6.93. The zero-order valence-corrected chi connectivity index (χ0v) is 14.4. The van der Waals surface area contributed by atoms with Crippen LogP contribution in [0.1, 0.15) is 22.8 Å². The van der Waals surface area contributed by atoms with E-state index in [1.54, 1.807) is 12.1 Å². The number of fused-ring (bicyclic) bond motifs is 1. The second kappa shape index (κ2) is 6.89. The smallest absolute Gasteiger partial charge is 0.352 e. The van der Waals surface area contributed by atoms with Crippen LogP contribution in [0.5, 0.6) is 0 Å². The Morgan fingerprint density at radius 3 is 2.56 bits per heavy atom. The number of aliphatic hydroxyl groups is 1. The van der Waals surface area contributed by atoms with Gasteiger partial charge >= 0.3 is 5.97 Å². The number of rotatable bonds is 5. The fraction of sp³-hybridized carbons (Fsp3) is 0.353. The van der Waals surface area contributed by atoms with Gasteiger partial charge in [0.1, 0.15) is 17.1 Å². The number of aliphatic carboxylic acids is 1. The molecule has 1 aromatic carbocycles. The number of hydrogen-bond donors (Lipinski definition) is 3. The molecule has 0 bridgehead atoms. The molecular weight excluding hydrogens is 344 g/mol. The Morgan fingerprint density at radius 2 is 2.00 bits per heavy atom. The summed E-state index contributed by atoms with van der Waals surface area (Å²) < 4.78 is 0. The SMILES string of the molecule is CCc1ccc(C(=O)NC2C(=O)N3C(C(=O)O)=C(CO)CS[C@H]23)cc1. The number of aliphatic hydroxyl groups excluding tert-OH is 1. The first-order valence-corrected chi connectivity index (χ1v) is 8.93. The molecule has 3 rings (SSSR count). The monoisotopic (exact) mass is 362 g/mol. The van der Waals surface area contributed by atoms with Crippen molar-refractivity contribution in [2.45, 2.75) is 24.8 Å². The lowest BCUT2D eigenvalue weighted by Crippen LogP contribution is -2.70. The molecule has 8 heteroatoms. The van der Waals surface area contributed by atoms with Crippen molar-refractivity contribution in [2.75, 3.05) is 12.4 Å². The van der Waals surface area contributed by atoms with E-state index in [0.29, 0.717) is 16.9 Å². The normalized spacial score (nSPS) is 22.3. The van der Waals surface area contributed by atoms with E-state index in [9.17, 15) is 24.6 Å². The highest BCUT2D eigenvalue weighted by atomic mass is 32.2. The fourth-order valence-corrected chi connectivity index (χ4v) is 4.26. The maximum Gasteiger partial charge on any atom is 0.352 e. The molecule has 1 unspecified atom stereocenters. The molecule has 0 spiro atoms. The minimum Gasteiger partial charge on any atom is -0.477 e.